The molecule has 1 rings (SSSR count). The van der Waals surface area contributed by atoms with Crippen molar-refractivity contribution >= 4 is 24.5 Å². The fourth-order valence-electron chi connectivity index (χ4n) is 0.963. The van der Waals surface area contributed by atoms with E-state index in [4.69, 9.17) is 1.37 Å². The van der Waals surface area contributed by atoms with E-state index in [1.165, 1.54) is 16.5 Å². The van der Waals surface area contributed by atoms with Gasteiger partial charge >= 0.3 is 92.6 Å². The van der Waals surface area contributed by atoms with E-state index >= 15 is 0 Å². The van der Waals surface area contributed by atoms with Crippen molar-refractivity contribution in [1.82, 2.24) is 0 Å². The van der Waals surface area contributed by atoms with Gasteiger partial charge in [-0.15, -0.1) is 0 Å². The van der Waals surface area contributed by atoms with Crippen molar-refractivity contribution in [3.05, 3.63) is 40.5 Å². The maximum atomic E-state index is 7.81. The Morgan fingerprint density at radius 2 is 2.15 bits per heavy atom. The summed E-state index contributed by atoms with van der Waals surface area (Å²) in [5, 5.41) is 0. The first-order valence-corrected chi connectivity index (χ1v) is 7.05. The van der Waals surface area contributed by atoms with Gasteiger partial charge in [0.15, 0.2) is 0 Å². The molecular formula is C12H16Te. The zero-order valence-corrected chi connectivity index (χ0v) is 10.3. The molecule has 13 heavy (non-hydrogen) atoms. The first kappa shape index (κ1) is 9.31. The Balaban J connectivity index is 2.40. The van der Waals surface area contributed by atoms with E-state index in [-0.39, 0.29) is 0 Å². The van der Waals surface area contributed by atoms with E-state index in [9.17, 15) is 0 Å². The first-order chi connectivity index (χ1) is 6.83. The summed E-state index contributed by atoms with van der Waals surface area (Å²) in [4.78, 5) is 0. The summed E-state index contributed by atoms with van der Waals surface area (Å²) in [6.45, 7) is 2.19. The predicted molar refractivity (Wildman–Crippen MR) is 60.5 cm³/mol. The summed E-state index contributed by atoms with van der Waals surface area (Å²) >= 11 is -0.407. The van der Waals surface area contributed by atoms with Crippen molar-refractivity contribution in [3.8, 4) is 0 Å². The second-order valence-electron chi connectivity index (χ2n) is 2.88. The summed E-state index contributed by atoms with van der Waals surface area (Å²) in [6.07, 6.45) is 5.60. The van der Waals surface area contributed by atoms with E-state index in [2.05, 4.69) is 37.3 Å². The standard InChI is InChI=1S/C12H16Te/c1-2-3-4-8-11-13-12-9-6-5-7-10-12/h5-11H,2-4H2,1H3/b11-8+/i11D. The minimum absolute atomic E-state index is 0.407. The van der Waals surface area contributed by atoms with Crippen LogP contribution >= 0.6 is 0 Å². The molecule has 0 amide bonds. The zero-order valence-electron chi connectivity index (χ0n) is 8.99. The number of rotatable bonds is 5. The van der Waals surface area contributed by atoms with E-state index < -0.39 is 20.9 Å². The van der Waals surface area contributed by atoms with Crippen LogP contribution in [0.2, 0.25) is 0 Å². The molecule has 0 aliphatic heterocycles. The van der Waals surface area contributed by atoms with Crippen LogP contribution in [0.4, 0.5) is 0 Å². The molecule has 1 aromatic rings. The second kappa shape index (κ2) is 7.18. The Hall–Kier alpha value is -0.250. The van der Waals surface area contributed by atoms with Crippen LogP contribution in [-0.4, -0.2) is 20.9 Å². The number of benzene rings is 1. The summed E-state index contributed by atoms with van der Waals surface area (Å²) in [7, 11) is 0. The summed E-state index contributed by atoms with van der Waals surface area (Å²) in [5.74, 6) is 0. The number of hydrogen-bond acceptors (Lipinski definition) is 0. The summed E-state index contributed by atoms with van der Waals surface area (Å²) in [5.41, 5.74) is 0. The van der Waals surface area contributed by atoms with Gasteiger partial charge in [-0.1, -0.05) is 0 Å². The Morgan fingerprint density at radius 1 is 1.38 bits per heavy atom. The van der Waals surface area contributed by atoms with Gasteiger partial charge < -0.3 is 0 Å². The zero-order chi connectivity index (χ0) is 10.2. The average molecular weight is 289 g/mol. The molecule has 0 spiro atoms. The molecule has 0 aromatic heterocycles. The van der Waals surface area contributed by atoms with Crippen LogP contribution in [0, 0.1) is 0 Å². The minimum atomic E-state index is -0.407. The van der Waals surface area contributed by atoms with Gasteiger partial charge in [0.25, 0.3) is 0 Å². The molecule has 0 aliphatic rings. The average Bonchev–Trinajstić information content (AvgIpc) is 2.20. The van der Waals surface area contributed by atoms with Crippen molar-refractivity contribution in [2.24, 2.45) is 0 Å². The Labute approximate surface area is 92.5 Å². The second-order valence-corrected chi connectivity index (χ2v) is 5.48. The van der Waals surface area contributed by atoms with Crippen molar-refractivity contribution in [1.29, 1.82) is 0 Å². The Morgan fingerprint density at radius 3 is 2.85 bits per heavy atom. The monoisotopic (exact) mass is 291 g/mol. The van der Waals surface area contributed by atoms with Crippen LogP contribution in [-0.2, 0) is 0 Å². The predicted octanol–water partition coefficient (Wildman–Crippen LogP) is 2.72. The van der Waals surface area contributed by atoms with Gasteiger partial charge in [0.2, 0.25) is 0 Å². The molecule has 0 fully saturated rings. The SMILES string of the molecule is [2H]/C(=C\CCCC)[Te]c1ccccc1. The molecular weight excluding hydrogens is 272 g/mol. The number of hydrogen-bond donors (Lipinski definition) is 0. The van der Waals surface area contributed by atoms with Crippen molar-refractivity contribution in [3.63, 3.8) is 0 Å². The van der Waals surface area contributed by atoms with Gasteiger partial charge in [-0.2, -0.15) is 0 Å². The molecule has 0 radical (unpaired) electrons. The molecule has 1 aromatic carbocycles. The number of allylic oxidation sites excluding steroid dienone is 1. The van der Waals surface area contributed by atoms with E-state index in [1.807, 2.05) is 6.07 Å². The molecule has 0 saturated carbocycles. The quantitative estimate of drug-likeness (QED) is 0.577. The van der Waals surface area contributed by atoms with E-state index in [0.717, 1.165) is 10.5 Å². The summed E-state index contributed by atoms with van der Waals surface area (Å²) < 4.78 is 10.0. The van der Waals surface area contributed by atoms with Gasteiger partial charge in [0, 0.05) is 0 Å². The third kappa shape index (κ3) is 5.13. The Kier molecular flexibility index (Phi) is 5.14. The fraction of sp³-hybridized carbons (Fsp3) is 0.333. The topological polar surface area (TPSA) is 0 Å². The molecule has 0 N–H and O–H groups in total. The van der Waals surface area contributed by atoms with Crippen LogP contribution in [0.3, 0.4) is 0 Å². The third-order valence-electron chi connectivity index (χ3n) is 1.71. The van der Waals surface area contributed by atoms with Gasteiger partial charge in [-0.3, -0.25) is 0 Å². The molecule has 1 heteroatoms. The fourth-order valence-corrected chi connectivity index (χ4v) is 2.76. The van der Waals surface area contributed by atoms with Crippen molar-refractivity contribution in [2.75, 3.05) is 0 Å². The number of unbranched alkanes of at least 4 members (excludes halogenated alkanes) is 2. The van der Waals surface area contributed by atoms with Crippen LogP contribution in [0.25, 0.3) is 0 Å². The van der Waals surface area contributed by atoms with Crippen molar-refractivity contribution in [2.45, 2.75) is 26.2 Å². The van der Waals surface area contributed by atoms with Gasteiger partial charge in [0.1, 0.15) is 0 Å². The van der Waals surface area contributed by atoms with Crippen LogP contribution in [0.15, 0.2) is 40.5 Å². The molecule has 0 saturated heterocycles. The van der Waals surface area contributed by atoms with E-state index in [0.29, 0.717) is 0 Å². The summed E-state index contributed by atoms with van der Waals surface area (Å²) in [6, 6.07) is 10.4. The molecule has 0 atom stereocenters. The van der Waals surface area contributed by atoms with Crippen LogP contribution in [0.1, 0.15) is 27.6 Å². The molecule has 0 nitrogen and oxygen atoms in total. The Bertz CT molecular complexity index is 280. The van der Waals surface area contributed by atoms with Gasteiger partial charge in [-0.25, -0.2) is 0 Å². The molecule has 0 bridgehead atoms. The van der Waals surface area contributed by atoms with E-state index in [1.54, 1.807) is 0 Å². The molecule has 70 valence electrons. The van der Waals surface area contributed by atoms with Crippen LogP contribution in [0.5, 0.6) is 0 Å². The normalized spacial score (nSPS) is 12.7. The maximum absolute atomic E-state index is 7.81. The van der Waals surface area contributed by atoms with Crippen molar-refractivity contribution < 1.29 is 1.37 Å². The first-order valence-electron chi connectivity index (χ1n) is 5.22. The molecule has 0 heterocycles. The van der Waals surface area contributed by atoms with Crippen LogP contribution < -0.4 is 3.61 Å². The van der Waals surface area contributed by atoms with Gasteiger partial charge in [0.05, 0.1) is 0 Å². The molecule has 0 aliphatic carbocycles. The molecule has 0 unspecified atom stereocenters. The third-order valence-corrected chi connectivity index (χ3v) is 3.97. The van der Waals surface area contributed by atoms with Gasteiger partial charge in [-0.05, 0) is 0 Å².